The quantitative estimate of drug-likeness (QED) is 0.374. The number of ether oxygens (including phenoxy) is 1. The number of H-pyrrole nitrogens is 1. The van der Waals surface area contributed by atoms with E-state index in [-0.39, 0.29) is 35.9 Å². The molecule has 1 fully saturated rings. The van der Waals surface area contributed by atoms with Crippen LogP contribution in [0.2, 0.25) is 0 Å². The summed E-state index contributed by atoms with van der Waals surface area (Å²) in [5.74, 6) is 1.35. The summed E-state index contributed by atoms with van der Waals surface area (Å²) in [5, 5.41) is 36.1. The number of anilines is 1. The Morgan fingerprint density at radius 1 is 1.45 bits per heavy atom. The lowest BCUT2D eigenvalue weighted by Gasteiger charge is -2.15. The highest BCUT2D eigenvalue weighted by atomic mass is 16.5. The van der Waals surface area contributed by atoms with E-state index in [0.29, 0.717) is 16.6 Å². The first-order valence-corrected chi connectivity index (χ1v) is 9.59. The monoisotopic (exact) mass is 423 g/mol. The zero-order chi connectivity index (χ0) is 22.3. The van der Waals surface area contributed by atoms with Crippen LogP contribution >= 0.6 is 0 Å². The number of aliphatic hydroxyl groups excluding tert-OH is 2. The number of aliphatic hydroxyl groups is 2. The molecule has 4 rings (SSSR count). The maximum Gasteiger partial charge on any atom is 0.335 e. The van der Waals surface area contributed by atoms with E-state index in [1.54, 1.807) is 6.07 Å². The Morgan fingerprint density at radius 3 is 2.87 bits per heavy atom. The lowest BCUT2D eigenvalue weighted by Crippen LogP contribution is -2.24. The number of carboxylic acid groups (broad SMARTS) is 1. The van der Waals surface area contributed by atoms with Gasteiger partial charge in [-0.05, 0) is 30.2 Å². The fourth-order valence-corrected chi connectivity index (χ4v) is 3.82. The van der Waals surface area contributed by atoms with Crippen LogP contribution in [0.5, 0.6) is 0 Å². The Balaban J connectivity index is 1.77. The third-order valence-corrected chi connectivity index (χ3v) is 5.47. The Hall–Kier alpha value is -3.52. The average molecular weight is 423 g/mol. The summed E-state index contributed by atoms with van der Waals surface area (Å²) in [6.45, 7) is 1.52. The molecule has 0 bridgehead atoms. The number of nitrogens with zero attached hydrogens (tertiary/aromatic N) is 3. The summed E-state index contributed by atoms with van der Waals surface area (Å²) in [6.07, 6.45) is 3.86. The number of fused-ring (bicyclic) bond motifs is 1. The summed E-state index contributed by atoms with van der Waals surface area (Å²) >= 11 is 0. The minimum Gasteiger partial charge on any atom is -0.478 e. The zero-order valence-corrected chi connectivity index (χ0v) is 16.6. The fraction of sp³-hybridized carbons (Fsp3) is 0.333. The number of hydrogen-bond donors (Lipinski definition) is 5. The number of nitrogen functional groups attached to an aromatic ring is 1. The lowest BCUT2D eigenvalue weighted by molar-refractivity contribution is -0.0246. The van der Waals surface area contributed by atoms with Gasteiger partial charge in [0.25, 0.3) is 0 Å². The SMILES string of the molecule is C#CC(c1cc(C(=O)O)ccc1C)c1[nH]nc2nc([C@H]3CC(O)[C@@H](CO)O3)nc(N)c12. The molecule has 1 aliphatic heterocycles. The molecule has 3 heterocycles. The van der Waals surface area contributed by atoms with Crippen molar-refractivity contribution in [3.8, 4) is 12.3 Å². The molecule has 1 aromatic carbocycles. The van der Waals surface area contributed by atoms with Crippen LogP contribution < -0.4 is 5.73 Å². The van der Waals surface area contributed by atoms with E-state index in [9.17, 15) is 20.1 Å². The van der Waals surface area contributed by atoms with Crippen molar-refractivity contribution in [2.75, 3.05) is 12.3 Å². The van der Waals surface area contributed by atoms with Crippen molar-refractivity contribution in [3.05, 3.63) is 46.4 Å². The largest absolute Gasteiger partial charge is 0.478 e. The molecular weight excluding hydrogens is 402 g/mol. The Labute approximate surface area is 177 Å². The number of rotatable bonds is 5. The maximum absolute atomic E-state index is 11.4. The fourth-order valence-electron chi connectivity index (χ4n) is 3.82. The molecule has 2 aromatic heterocycles. The first-order valence-electron chi connectivity index (χ1n) is 9.59. The van der Waals surface area contributed by atoms with Crippen molar-refractivity contribution in [1.82, 2.24) is 20.2 Å². The highest BCUT2D eigenvalue weighted by molar-refractivity contribution is 5.90. The van der Waals surface area contributed by atoms with Gasteiger partial charge in [0.15, 0.2) is 11.5 Å². The summed E-state index contributed by atoms with van der Waals surface area (Å²) in [7, 11) is 0. The number of carboxylic acids is 1. The number of benzene rings is 1. The molecule has 1 saturated heterocycles. The predicted molar refractivity (Wildman–Crippen MR) is 110 cm³/mol. The minimum atomic E-state index is -1.06. The van der Waals surface area contributed by atoms with Crippen LogP contribution in [0.3, 0.4) is 0 Å². The first kappa shape index (κ1) is 20.7. The number of hydrogen-bond acceptors (Lipinski definition) is 8. The number of aromatic amines is 1. The van der Waals surface area contributed by atoms with Gasteiger partial charge in [0.2, 0.25) is 0 Å². The van der Waals surface area contributed by atoms with Crippen molar-refractivity contribution in [1.29, 1.82) is 0 Å². The van der Waals surface area contributed by atoms with E-state index in [4.69, 9.17) is 16.9 Å². The summed E-state index contributed by atoms with van der Waals surface area (Å²) < 4.78 is 5.60. The van der Waals surface area contributed by atoms with Gasteiger partial charge in [-0.2, -0.15) is 5.10 Å². The third kappa shape index (κ3) is 3.59. The zero-order valence-electron chi connectivity index (χ0n) is 16.6. The normalized spacial score (nSPS) is 21.8. The van der Waals surface area contributed by atoms with Gasteiger partial charge in [-0.1, -0.05) is 12.0 Å². The molecule has 31 heavy (non-hydrogen) atoms. The van der Waals surface area contributed by atoms with E-state index in [2.05, 4.69) is 26.1 Å². The summed E-state index contributed by atoms with van der Waals surface area (Å²) in [4.78, 5) is 20.1. The molecule has 2 unspecified atom stereocenters. The first-order chi connectivity index (χ1) is 14.8. The van der Waals surface area contributed by atoms with Gasteiger partial charge in [0.1, 0.15) is 18.0 Å². The number of nitrogens with one attached hydrogen (secondary N) is 1. The van der Waals surface area contributed by atoms with Crippen LogP contribution in [-0.4, -0.2) is 60.3 Å². The van der Waals surface area contributed by atoms with Crippen LogP contribution in [0.4, 0.5) is 5.82 Å². The number of nitrogens with two attached hydrogens (primary N) is 1. The van der Waals surface area contributed by atoms with E-state index < -0.39 is 30.2 Å². The molecule has 1 aliphatic rings. The van der Waals surface area contributed by atoms with Crippen LogP contribution in [0.1, 0.15) is 51.4 Å². The molecule has 0 saturated carbocycles. The Kier molecular flexibility index (Phi) is 5.32. The van der Waals surface area contributed by atoms with Crippen molar-refractivity contribution in [2.24, 2.45) is 0 Å². The van der Waals surface area contributed by atoms with Crippen molar-refractivity contribution in [2.45, 2.75) is 37.6 Å². The Morgan fingerprint density at radius 2 is 2.23 bits per heavy atom. The van der Waals surface area contributed by atoms with Gasteiger partial charge >= 0.3 is 5.97 Å². The van der Waals surface area contributed by atoms with E-state index in [1.165, 1.54) is 12.1 Å². The standard InChI is InChI=1S/C21H21N5O5/c1-3-11(12-6-10(21(29)30)5-4-9(12)2)17-16-18(22)23-19(24-20(16)26-25-17)14-7-13(28)15(8-27)31-14/h1,4-6,11,13-15,27-28H,7-8H2,2H3,(H,29,30)(H3,22,23,24,25,26)/t11?,13?,14-,15-/m1/s1. The molecule has 0 aliphatic carbocycles. The smallest absolute Gasteiger partial charge is 0.335 e. The molecular formula is C21H21N5O5. The summed E-state index contributed by atoms with van der Waals surface area (Å²) in [6, 6.07) is 4.74. The van der Waals surface area contributed by atoms with E-state index >= 15 is 0 Å². The second-order valence-corrected chi connectivity index (χ2v) is 7.43. The molecule has 160 valence electrons. The number of aryl methyl sites for hydroxylation is 1. The molecule has 0 radical (unpaired) electrons. The minimum absolute atomic E-state index is 0.117. The molecule has 0 spiro atoms. The van der Waals surface area contributed by atoms with Gasteiger partial charge in [-0.3, -0.25) is 5.10 Å². The number of aromatic carboxylic acids is 1. The molecule has 10 nitrogen and oxygen atoms in total. The second kappa shape index (κ2) is 7.96. The lowest BCUT2D eigenvalue weighted by atomic mass is 9.90. The van der Waals surface area contributed by atoms with Crippen molar-refractivity contribution in [3.63, 3.8) is 0 Å². The van der Waals surface area contributed by atoms with Gasteiger partial charge in [-0.25, -0.2) is 14.8 Å². The number of terminal acetylenes is 1. The van der Waals surface area contributed by atoms with Crippen LogP contribution in [-0.2, 0) is 4.74 Å². The second-order valence-electron chi connectivity index (χ2n) is 7.43. The molecule has 10 heteroatoms. The third-order valence-electron chi connectivity index (χ3n) is 5.47. The summed E-state index contributed by atoms with van der Waals surface area (Å²) in [5.41, 5.74) is 8.53. The van der Waals surface area contributed by atoms with Crippen LogP contribution in [0, 0.1) is 19.3 Å². The van der Waals surface area contributed by atoms with E-state index in [1.807, 2.05) is 6.92 Å². The van der Waals surface area contributed by atoms with Gasteiger partial charge in [0.05, 0.1) is 35.3 Å². The van der Waals surface area contributed by atoms with Gasteiger partial charge < -0.3 is 25.8 Å². The molecule has 3 aromatic rings. The topological polar surface area (TPSA) is 167 Å². The number of carbonyl (C=O) groups is 1. The predicted octanol–water partition coefficient (Wildman–Crippen LogP) is 0.890. The van der Waals surface area contributed by atoms with Crippen molar-refractivity contribution < 1.29 is 24.9 Å². The molecule has 6 N–H and O–H groups in total. The van der Waals surface area contributed by atoms with Crippen LogP contribution in [0.15, 0.2) is 18.2 Å². The number of aromatic nitrogens is 4. The Bertz CT molecular complexity index is 1200. The molecule has 4 atom stereocenters. The molecule has 0 amide bonds. The highest BCUT2D eigenvalue weighted by Gasteiger charge is 2.36. The average Bonchev–Trinajstić information content (AvgIpc) is 3.33. The van der Waals surface area contributed by atoms with Crippen LogP contribution in [0.25, 0.3) is 11.0 Å². The maximum atomic E-state index is 11.4. The van der Waals surface area contributed by atoms with E-state index in [0.717, 1.165) is 5.56 Å². The van der Waals surface area contributed by atoms with Crippen molar-refractivity contribution >= 4 is 22.8 Å². The highest BCUT2D eigenvalue weighted by Crippen LogP contribution is 2.36. The van der Waals surface area contributed by atoms with Gasteiger partial charge in [-0.15, -0.1) is 6.42 Å². The van der Waals surface area contributed by atoms with Gasteiger partial charge in [0, 0.05) is 6.42 Å².